The lowest BCUT2D eigenvalue weighted by molar-refractivity contribution is -0.122. The first-order valence-electron chi connectivity index (χ1n) is 9.69. The third-order valence-electron chi connectivity index (χ3n) is 5.31. The van der Waals surface area contributed by atoms with Crippen LogP contribution in [0.3, 0.4) is 0 Å². The van der Waals surface area contributed by atoms with Crippen molar-refractivity contribution in [1.29, 1.82) is 0 Å². The van der Waals surface area contributed by atoms with Crippen molar-refractivity contribution >= 4 is 43.5 Å². The van der Waals surface area contributed by atoms with Gasteiger partial charge in [-0.2, -0.15) is 4.31 Å². The maximum atomic E-state index is 13.4. The number of carbonyl (C=O) groups is 2. The second kappa shape index (κ2) is 8.58. The Morgan fingerprint density at radius 1 is 1.07 bits per heavy atom. The molecule has 4 rings (SSSR count). The van der Waals surface area contributed by atoms with Gasteiger partial charge in [0, 0.05) is 17.6 Å². The first-order valence-corrected chi connectivity index (χ1v) is 11.9. The highest BCUT2D eigenvalue weighted by atomic mass is 79.9. The van der Waals surface area contributed by atoms with Crippen LogP contribution in [-0.4, -0.2) is 49.8 Å². The van der Waals surface area contributed by atoms with Crippen LogP contribution in [0, 0.1) is 0 Å². The quantitative estimate of drug-likeness (QED) is 0.578. The molecule has 0 bridgehead atoms. The molecule has 158 valence electrons. The third kappa shape index (κ3) is 4.07. The average molecular weight is 493 g/mol. The fourth-order valence-corrected chi connectivity index (χ4v) is 5.71. The summed E-state index contributed by atoms with van der Waals surface area (Å²) < 4.78 is 34.5. The van der Waals surface area contributed by atoms with Crippen LogP contribution in [-0.2, 0) is 24.3 Å². The fraction of sp³-hybridized carbons (Fsp3) is 0.333. The monoisotopic (exact) mass is 492 g/mol. The van der Waals surface area contributed by atoms with Gasteiger partial charge in [0.15, 0.2) is 0 Å². The van der Waals surface area contributed by atoms with Crippen molar-refractivity contribution in [2.45, 2.75) is 36.3 Å². The average Bonchev–Trinajstić information content (AvgIpc) is 3.35. The van der Waals surface area contributed by atoms with Gasteiger partial charge in [-0.3, -0.25) is 9.59 Å². The predicted octanol–water partition coefficient (Wildman–Crippen LogP) is 2.95. The lowest BCUT2D eigenvalue weighted by Crippen LogP contribution is -2.48. The lowest BCUT2D eigenvalue weighted by atomic mass is 10.2. The zero-order valence-corrected chi connectivity index (χ0v) is 18.5. The van der Waals surface area contributed by atoms with E-state index in [1.807, 2.05) is 0 Å². The van der Waals surface area contributed by atoms with Crippen molar-refractivity contribution < 1.29 is 22.7 Å². The number of rotatable bonds is 6. The smallest absolute Gasteiger partial charge is 0.252 e. The second-order valence-electron chi connectivity index (χ2n) is 7.29. The molecule has 2 aromatic rings. The van der Waals surface area contributed by atoms with E-state index in [0.717, 1.165) is 20.1 Å². The summed E-state index contributed by atoms with van der Waals surface area (Å²) in [6, 6.07) is 13.6. The number of nitrogens with zero attached hydrogens (tertiary/aromatic N) is 2. The molecular formula is C21H21BrN2O5S. The summed E-state index contributed by atoms with van der Waals surface area (Å²) in [6.45, 7) is 0.599. The SMILES string of the molecule is O=C1CC(N(CC2CCCO2)S(=O)(=O)c2ccccc2)C(=O)N1c1ccc(Br)cc1. The number of amides is 2. The standard InChI is InChI=1S/C21H21BrN2O5S/c22-15-8-10-16(11-9-15)24-20(25)13-19(21(24)26)23(14-17-5-4-12-29-17)30(27,28)18-6-2-1-3-7-18/h1-3,6-11,17,19H,4-5,12-14H2. The van der Waals surface area contributed by atoms with Gasteiger partial charge in [-0.25, -0.2) is 13.3 Å². The Labute approximate surface area is 183 Å². The fourth-order valence-electron chi connectivity index (χ4n) is 3.81. The Hall–Kier alpha value is -2.07. The van der Waals surface area contributed by atoms with Crippen LogP contribution in [0.4, 0.5) is 5.69 Å². The minimum Gasteiger partial charge on any atom is -0.377 e. The maximum absolute atomic E-state index is 13.4. The van der Waals surface area contributed by atoms with Crippen molar-refractivity contribution in [3.05, 3.63) is 59.1 Å². The number of hydrogen-bond donors (Lipinski definition) is 0. The van der Waals surface area contributed by atoms with Gasteiger partial charge in [0.1, 0.15) is 6.04 Å². The van der Waals surface area contributed by atoms with E-state index in [1.165, 1.54) is 12.1 Å². The van der Waals surface area contributed by atoms with Crippen LogP contribution in [0.2, 0.25) is 0 Å². The van der Waals surface area contributed by atoms with Crippen LogP contribution >= 0.6 is 15.9 Å². The van der Waals surface area contributed by atoms with Crippen LogP contribution in [0.5, 0.6) is 0 Å². The summed E-state index contributed by atoms with van der Waals surface area (Å²) in [6.07, 6.45) is 1.06. The van der Waals surface area contributed by atoms with Gasteiger partial charge in [-0.1, -0.05) is 34.1 Å². The normalized spacial score (nSPS) is 22.3. The molecule has 2 saturated heterocycles. The van der Waals surface area contributed by atoms with Gasteiger partial charge in [0.2, 0.25) is 15.9 Å². The first kappa shape index (κ1) is 21.2. The molecule has 2 aliphatic rings. The first-order chi connectivity index (χ1) is 14.4. The van der Waals surface area contributed by atoms with E-state index in [1.54, 1.807) is 42.5 Å². The number of sulfonamides is 1. The summed E-state index contributed by atoms with van der Waals surface area (Å²) in [5.74, 6) is -0.965. The van der Waals surface area contributed by atoms with Gasteiger partial charge < -0.3 is 4.74 Å². The summed E-state index contributed by atoms with van der Waals surface area (Å²) in [7, 11) is -3.99. The Morgan fingerprint density at radius 2 is 1.77 bits per heavy atom. The molecular weight excluding hydrogens is 472 g/mol. The molecule has 0 radical (unpaired) electrons. The van der Waals surface area contributed by atoms with E-state index in [9.17, 15) is 18.0 Å². The maximum Gasteiger partial charge on any atom is 0.252 e. The van der Waals surface area contributed by atoms with Crippen LogP contribution in [0.1, 0.15) is 19.3 Å². The molecule has 9 heteroatoms. The molecule has 2 amide bonds. The van der Waals surface area contributed by atoms with Gasteiger partial charge in [-0.05, 0) is 49.2 Å². The molecule has 2 atom stereocenters. The van der Waals surface area contributed by atoms with Crippen LogP contribution in [0.25, 0.3) is 0 Å². The molecule has 2 aromatic carbocycles. The highest BCUT2D eigenvalue weighted by Gasteiger charge is 2.47. The Morgan fingerprint density at radius 3 is 2.40 bits per heavy atom. The Balaban J connectivity index is 1.69. The highest BCUT2D eigenvalue weighted by Crippen LogP contribution is 2.31. The molecule has 7 nitrogen and oxygen atoms in total. The summed E-state index contributed by atoms with van der Waals surface area (Å²) >= 11 is 3.33. The number of ether oxygens (including phenoxy) is 1. The second-order valence-corrected chi connectivity index (χ2v) is 10.1. The molecule has 30 heavy (non-hydrogen) atoms. The Kier molecular flexibility index (Phi) is 6.06. The molecule has 0 aliphatic carbocycles. The summed E-state index contributed by atoms with van der Waals surface area (Å²) in [4.78, 5) is 27.1. The van der Waals surface area contributed by atoms with Crippen molar-refractivity contribution in [2.24, 2.45) is 0 Å². The van der Waals surface area contributed by atoms with Gasteiger partial charge in [-0.15, -0.1) is 0 Å². The number of halogens is 1. The van der Waals surface area contributed by atoms with E-state index in [4.69, 9.17) is 4.74 Å². The van der Waals surface area contributed by atoms with Crippen LogP contribution in [0.15, 0.2) is 64.0 Å². The van der Waals surface area contributed by atoms with Gasteiger partial charge in [0.05, 0.1) is 23.1 Å². The topological polar surface area (TPSA) is 84.0 Å². The lowest BCUT2D eigenvalue weighted by Gasteiger charge is -2.28. The van der Waals surface area contributed by atoms with E-state index < -0.39 is 27.9 Å². The molecule has 0 spiro atoms. The third-order valence-corrected chi connectivity index (χ3v) is 7.73. The zero-order valence-electron chi connectivity index (χ0n) is 16.1. The number of imide groups is 1. The van der Waals surface area contributed by atoms with Crippen molar-refractivity contribution in [2.75, 3.05) is 18.1 Å². The predicted molar refractivity (Wildman–Crippen MR) is 114 cm³/mol. The molecule has 0 saturated carbocycles. The largest absolute Gasteiger partial charge is 0.377 e. The molecule has 0 aromatic heterocycles. The molecule has 2 fully saturated rings. The summed E-state index contributed by atoms with van der Waals surface area (Å²) in [5.41, 5.74) is 0.421. The van der Waals surface area contributed by atoms with Gasteiger partial charge >= 0.3 is 0 Å². The number of anilines is 1. The van der Waals surface area contributed by atoms with E-state index in [-0.39, 0.29) is 24.0 Å². The highest BCUT2D eigenvalue weighted by molar-refractivity contribution is 9.10. The summed E-state index contributed by atoms with van der Waals surface area (Å²) in [5, 5.41) is 0. The van der Waals surface area contributed by atoms with Gasteiger partial charge in [0.25, 0.3) is 5.91 Å². The van der Waals surface area contributed by atoms with Crippen molar-refractivity contribution in [1.82, 2.24) is 4.31 Å². The molecule has 2 aliphatic heterocycles. The number of hydrogen-bond acceptors (Lipinski definition) is 5. The Bertz CT molecular complexity index is 1040. The molecule has 2 heterocycles. The van der Waals surface area contributed by atoms with Crippen molar-refractivity contribution in [3.8, 4) is 0 Å². The van der Waals surface area contributed by atoms with Crippen molar-refractivity contribution in [3.63, 3.8) is 0 Å². The minimum absolute atomic E-state index is 0.0368. The minimum atomic E-state index is -3.99. The molecule has 0 N–H and O–H groups in total. The van der Waals surface area contributed by atoms with E-state index in [2.05, 4.69) is 15.9 Å². The zero-order chi connectivity index (χ0) is 21.3. The van der Waals surface area contributed by atoms with Crippen LogP contribution < -0.4 is 4.90 Å². The number of carbonyl (C=O) groups excluding carboxylic acids is 2. The molecule has 2 unspecified atom stereocenters. The van der Waals surface area contributed by atoms with E-state index >= 15 is 0 Å². The van der Waals surface area contributed by atoms with E-state index in [0.29, 0.717) is 18.7 Å². The number of benzene rings is 2.